The zero-order chi connectivity index (χ0) is 28.7. The Morgan fingerprint density at radius 2 is 1.38 bits per heavy atom. The van der Waals surface area contributed by atoms with Gasteiger partial charge in [-0.15, -0.1) is 0 Å². The fraction of sp³-hybridized carbons (Fsp3) is 0.310. The van der Waals surface area contributed by atoms with E-state index < -0.39 is 28.5 Å². The smallest absolute Gasteiger partial charge is 0.264 e. The predicted molar refractivity (Wildman–Crippen MR) is 156 cm³/mol. The third-order valence-electron chi connectivity index (χ3n) is 6.12. The Hall–Kier alpha value is -3.07. The molecule has 2 amide bonds. The van der Waals surface area contributed by atoms with Crippen LogP contribution in [-0.2, 0) is 26.2 Å². The van der Waals surface area contributed by atoms with Crippen LogP contribution in [0, 0.1) is 12.8 Å². The zero-order valence-electron chi connectivity index (χ0n) is 22.4. The highest BCUT2D eigenvalue weighted by Crippen LogP contribution is 2.26. The molecule has 3 aromatic rings. The Morgan fingerprint density at radius 1 is 0.846 bits per heavy atom. The highest BCUT2D eigenvalue weighted by Gasteiger charge is 2.32. The molecule has 1 atom stereocenters. The summed E-state index contributed by atoms with van der Waals surface area (Å²) in [6.07, 6.45) is 0. The van der Waals surface area contributed by atoms with Gasteiger partial charge in [0.15, 0.2) is 0 Å². The van der Waals surface area contributed by atoms with Crippen LogP contribution in [0.1, 0.15) is 31.9 Å². The Bertz CT molecular complexity index is 1380. The number of sulfonamides is 1. The molecule has 1 unspecified atom stereocenters. The Labute approximate surface area is 240 Å². The van der Waals surface area contributed by atoms with Crippen LogP contribution in [0.3, 0.4) is 0 Å². The zero-order valence-corrected chi connectivity index (χ0v) is 24.7. The molecular formula is C29H33Cl2N3O4S. The van der Waals surface area contributed by atoms with Crippen LogP contribution in [-0.4, -0.2) is 44.3 Å². The van der Waals surface area contributed by atoms with Gasteiger partial charge in [0, 0.05) is 23.1 Å². The van der Waals surface area contributed by atoms with Gasteiger partial charge >= 0.3 is 0 Å². The first kappa shape index (κ1) is 30.5. The fourth-order valence-electron chi connectivity index (χ4n) is 3.80. The van der Waals surface area contributed by atoms with Gasteiger partial charge in [-0.25, -0.2) is 8.42 Å². The lowest BCUT2D eigenvalue weighted by molar-refractivity contribution is -0.139. The molecule has 0 heterocycles. The first-order valence-electron chi connectivity index (χ1n) is 12.5. The minimum atomic E-state index is -4.13. The van der Waals surface area contributed by atoms with Crippen molar-refractivity contribution in [2.75, 3.05) is 17.4 Å². The number of rotatable bonds is 11. The maximum atomic E-state index is 13.9. The summed E-state index contributed by atoms with van der Waals surface area (Å²) in [5, 5.41) is 3.83. The molecule has 0 radical (unpaired) electrons. The SMILES string of the molecule is Cc1ccc(S(=O)(=O)N(CC(=O)N(Cc2ccc(Cl)cc2)C(C)C(=O)NCC(C)C)c2ccc(Cl)cc2)cc1. The molecule has 0 aromatic heterocycles. The average Bonchev–Trinajstić information content (AvgIpc) is 2.90. The second kappa shape index (κ2) is 13.3. The van der Waals surface area contributed by atoms with E-state index in [9.17, 15) is 18.0 Å². The number of hydrogen-bond acceptors (Lipinski definition) is 4. The van der Waals surface area contributed by atoms with Crippen molar-refractivity contribution in [3.8, 4) is 0 Å². The van der Waals surface area contributed by atoms with E-state index in [1.165, 1.54) is 17.0 Å². The molecule has 3 rings (SSSR count). The third kappa shape index (κ3) is 8.21. The van der Waals surface area contributed by atoms with Gasteiger partial charge in [-0.1, -0.05) is 66.9 Å². The van der Waals surface area contributed by atoms with Crippen LogP contribution >= 0.6 is 23.2 Å². The first-order chi connectivity index (χ1) is 18.4. The molecule has 0 saturated carbocycles. The van der Waals surface area contributed by atoms with Gasteiger partial charge in [0.1, 0.15) is 12.6 Å². The van der Waals surface area contributed by atoms with Crippen LogP contribution in [0.15, 0.2) is 77.7 Å². The van der Waals surface area contributed by atoms with E-state index in [2.05, 4.69) is 5.32 Å². The molecule has 208 valence electrons. The lowest BCUT2D eigenvalue weighted by Crippen LogP contribution is -2.51. The van der Waals surface area contributed by atoms with Crippen molar-refractivity contribution < 1.29 is 18.0 Å². The molecule has 0 aliphatic heterocycles. The van der Waals surface area contributed by atoms with Gasteiger partial charge < -0.3 is 10.2 Å². The molecule has 0 fully saturated rings. The van der Waals surface area contributed by atoms with E-state index >= 15 is 0 Å². The normalized spacial score (nSPS) is 12.2. The molecular weight excluding hydrogens is 557 g/mol. The quantitative estimate of drug-likeness (QED) is 0.311. The number of carbonyl (C=O) groups is 2. The Kier molecular flexibility index (Phi) is 10.4. The Balaban J connectivity index is 2.00. The van der Waals surface area contributed by atoms with Crippen LogP contribution in [0.2, 0.25) is 10.0 Å². The number of halogens is 2. The van der Waals surface area contributed by atoms with E-state index in [1.54, 1.807) is 67.6 Å². The summed E-state index contributed by atoms with van der Waals surface area (Å²) in [5.41, 5.74) is 1.92. The first-order valence-corrected chi connectivity index (χ1v) is 14.7. The molecule has 3 aromatic carbocycles. The minimum absolute atomic E-state index is 0.0443. The molecule has 0 saturated heterocycles. The van der Waals surface area contributed by atoms with Crippen molar-refractivity contribution in [1.82, 2.24) is 10.2 Å². The van der Waals surface area contributed by atoms with Crippen molar-refractivity contribution in [3.05, 3.63) is 94.0 Å². The fourth-order valence-corrected chi connectivity index (χ4v) is 5.46. The summed E-state index contributed by atoms with van der Waals surface area (Å²) in [4.78, 5) is 28.3. The Morgan fingerprint density at radius 3 is 1.92 bits per heavy atom. The van der Waals surface area contributed by atoms with Gasteiger partial charge in [-0.3, -0.25) is 13.9 Å². The van der Waals surface area contributed by atoms with E-state index in [0.29, 0.717) is 16.6 Å². The van der Waals surface area contributed by atoms with Crippen molar-refractivity contribution in [3.63, 3.8) is 0 Å². The van der Waals surface area contributed by atoms with Crippen LogP contribution in [0.4, 0.5) is 5.69 Å². The van der Waals surface area contributed by atoms with Crippen molar-refractivity contribution >= 4 is 50.7 Å². The highest BCUT2D eigenvalue weighted by molar-refractivity contribution is 7.92. The maximum absolute atomic E-state index is 13.9. The monoisotopic (exact) mass is 589 g/mol. The van der Waals surface area contributed by atoms with Crippen LogP contribution in [0.5, 0.6) is 0 Å². The number of nitrogens with one attached hydrogen (secondary N) is 1. The summed E-state index contributed by atoms with van der Waals surface area (Å²) in [6, 6.07) is 18.7. The summed E-state index contributed by atoms with van der Waals surface area (Å²) in [5.74, 6) is -0.644. The van der Waals surface area contributed by atoms with E-state index in [4.69, 9.17) is 23.2 Å². The lowest BCUT2D eigenvalue weighted by atomic mass is 10.1. The standard InChI is InChI=1S/C29H33Cl2N3O4S/c1-20(2)17-32-29(36)22(4)33(18-23-7-9-24(30)10-8-23)28(35)19-34(26-13-11-25(31)12-14-26)39(37,38)27-15-5-21(3)6-16-27/h5-16,20,22H,17-19H2,1-4H3,(H,32,36). The summed E-state index contributed by atoms with van der Waals surface area (Å²) < 4.78 is 28.6. The van der Waals surface area contributed by atoms with Gasteiger partial charge in [-0.2, -0.15) is 0 Å². The van der Waals surface area contributed by atoms with Crippen molar-refractivity contribution in [2.45, 2.75) is 45.2 Å². The third-order valence-corrected chi connectivity index (χ3v) is 8.41. The summed E-state index contributed by atoms with van der Waals surface area (Å²) >= 11 is 12.1. The average molecular weight is 591 g/mol. The van der Waals surface area contributed by atoms with Crippen molar-refractivity contribution in [2.24, 2.45) is 5.92 Å². The number of amides is 2. The second-order valence-corrected chi connectivity index (χ2v) is 12.5. The maximum Gasteiger partial charge on any atom is 0.264 e. The molecule has 10 heteroatoms. The number of hydrogen-bond donors (Lipinski definition) is 1. The number of aryl methyl sites for hydroxylation is 1. The molecule has 0 spiro atoms. The molecule has 0 bridgehead atoms. The van der Waals surface area contributed by atoms with Gasteiger partial charge in [0.05, 0.1) is 10.6 Å². The molecule has 7 nitrogen and oxygen atoms in total. The number of carbonyl (C=O) groups excluding carboxylic acids is 2. The van der Waals surface area contributed by atoms with Crippen LogP contribution < -0.4 is 9.62 Å². The highest BCUT2D eigenvalue weighted by atomic mass is 35.5. The van der Waals surface area contributed by atoms with E-state index in [0.717, 1.165) is 15.4 Å². The largest absolute Gasteiger partial charge is 0.354 e. The van der Waals surface area contributed by atoms with Gasteiger partial charge in [-0.05, 0) is 73.9 Å². The van der Waals surface area contributed by atoms with Gasteiger partial charge in [0.2, 0.25) is 11.8 Å². The molecule has 0 aliphatic rings. The molecule has 39 heavy (non-hydrogen) atoms. The molecule has 0 aliphatic carbocycles. The number of benzene rings is 3. The second-order valence-electron chi connectivity index (χ2n) is 9.76. The predicted octanol–water partition coefficient (Wildman–Crippen LogP) is 5.69. The lowest BCUT2D eigenvalue weighted by Gasteiger charge is -2.32. The summed E-state index contributed by atoms with van der Waals surface area (Å²) in [6.45, 7) is 7.45. The van der Waals surface area contributed by atoms with Gasteiger partial charge in [0.25, 0.3) is 10.0 Å². The molecule has 1 N–H and O–H groups in total. The number of nitrogens with zero attached hydrogens (tertiary/aromatic N) is 2. The summed E-state index contributed by atoms with van der Waals surface area (Å²) in [7, 11) is -4.13. The topological polar surface area (TPSA) is 86.8 Å². The van der Waals surface area contributed by atoms with Crippen LogP contribution in [0.25, 0.3) is 0 Å². The van der Waals surface area contributed by atoms with E-state index in [-0.39, 0.29) is 29.0 Å². The van der Waals surface area contributed by atoms with E-state index in [1.807, 2.05) is 20.8 Å². The minimum Gasteiger partial charge on any atom is -0.354 e. The van der Waals surface area contributed by atoms with Crippen molar-refractivity contribution in [1.29, 1.82) is 0 Å². The number of anilines is 1.